The summed E-state index contributed by atoms with van der Waals surface area (Å²) in [5.74, 6) is 0.231. The summed E-state index contributed by atoms with van der Waals surface area (Å²) < 4.78 is 16.7. The van der Waals surface area contributed by atoms with E-state index in [-0.39, 0.29) is 5.41 Å². The molecule has 19 heavy (non-hydrogen) atoms. The van der Waals surface area contributed by atoms with Crippen LogP contribution in [0.5, 0.6) is 5.75 Å². The smallest absolute Gasteiger partial charge is 0.252 e. The first kappa shape index (κ1) is 15.7. The Bertz CT molecular complexity index is 518. The van der Waals surface area contributed by atoms with Crippen LogP contribution in [0.25, 0.3) is 0 Å². The van der Waals surface area contributed by atoms with Gasteiger partial charge in [0.1, 0.15) is 5.75 Å². The van der Waals surface area contributed by atoms with Crippen LogP contribution in [0.4, 0.5) is 0 Å². The van der Waals surface area contributed by atoms with E-state index in [2.05, 4.69) is 0 Å². The molecule has 0 aliphatic carbocycles. The fourth-order valence-electron chi connectivity index (χ4n) is 1.87. The van der Waals surface area contributed by atoms with Crippen LogP contribution in [-0.4, -0.2) is 23.5 Å². The third-order valence-electron chi connectivity index (χ3n) is 2.86. The van der Waals surface area contributed by atoms with Gasteiger partial charge < -0.3 is 10.5 Å². The van der Waals surface area contributed by atoms with E-state index in [0.717, 1.165) is 11.1 Å². The van der Waals surface area contributed by atoms with Crippen LogP contribution < -0.4 is 10.5 Å². The first-order valence-electron chi connectivity index (χ1n) is 5.98. The number of nitrogens with two attached hydrogens (primary N) is 1. The number of methoxy groups -OCH3 is 1. The van der Waals surface area contributed by atoms with Crippen LogP contribution in [0.3, 0.4) is 0 Å². The van der Waals surface area contributed by atoms with Gasteiger partial charge in [0.15, 0.2) is 0 Å². The van der Waals surface area contributed by atoms with Crippen molar-refractivity contribution in [3.63, 3.8) is 0 Å². The summed E-state index contributed by atoms with van der Waals surface area (Å²) in [6, 6.07) is 3.69. The first-order chi connectivity index (χ1) is 8.66. The lowest BCUT2D eigenvalue weighted by molar-refractivity contribution is 0.0997. The molecule has 0 fully saturated rings. The minimum Gasteiger partial charge on any atom is -0.496 e. The number of benzene rings is 1. The Morgan fingerprint density at radius 1 is 1.37 bits per heavy atom. The highest BCUT2D eigenvalue weighted by Crippen LogP contribution is 2.32. The van der Waals surface area contributed by atoms with Gasteiger partial charge in [-0.15, -0.1) is 0 Å². The van der Waals surface area contributed by atoms with Gasteiger partial charge in [-0.1, -0.05) is 26.8 Å². The van der Waals surface area contributed by atoms with Gasteiger partial charge in [-0.3, -0.25) is 9.00 Å². The Balaban J connectivity index is 3.54. The number of carbonyl (C=O) groups is 1. The molecule has 2 N–H and O–H groups in total. The number of amides is 1. The molecule has 1 rings (SSSR count). The molecule has 0 spiro atoms. The van der Waals surface area contributed by atoms with Crippen molar-refractivity contribution < 1.29 is 13.7 Å². The van der Waals surface area contributed by atoms with Crippen LogP contribution >= 0.6 is 0 Å². The molecule has 0 aliphatic rings. The summed E-state index contributed by atoms with van der Waals surface area (Å²) in [7, 11) is 0.470. The second-order valence-electron chi connectivity index (χ2n) is 5.55. The summed E-state index contributed by atoms with van der Waals surface area (Å²) in [4.78, 5) is 11.6. The van der Waals surface area contributed by atoms with Crippen molar-refractivity contribution in [2.45, 2.75) is 31.9 Å². The van der Waals surface area contributed by atoms with Gasteiger partial charge >= 0.3 is 0 Å². The van der Waals surface area contributed by atoms with Crippen LogP contribution in [0, 0.1) is 0 Å². The fourth-order valence-corrected chi connectivity index (χ4v) is 2.52. The molecule has 4 nitrogen and oxygen atoms in total. The lowest BCUT2D eigenvalue weighted by Gasteiger charge is -2.22. The minimum absolute atomic E-state index is 0.125. The number of hydrogen-bond acceptors (Lipinski definition) is 3. The summed E-state index contributed by atoms with van der Waals surface area (Å²) in [5.41, 5.74) is 7.35. The number of hydrogen-bond donors (Lipinski definition) is 1. The van der Waals surface area contributed by atoms with Crippen LogP contribution in [0.1, 0.15) is 42.3 Å². The van der Waals surface area contributed by atoms with Gasteiger partial charge in [0, 0.05) is 22.6 Å². The molecule has 0 bridgehead atoms. The molecular weight excluding hydrogens is 262 g/mol. The maximum Gasteiger partial charge on any atom is 0.252 e. The SMILES string of the molecule is COc1c(CS(C)=O)cc(C(C)(C)C)cc1C(N)=O. The topological polar surface area (TPSA) is 69.4 Å². The monoisotopic (exact) mass is 283 g/mol. The van der Waals surface area contributed by atoms with E-state index in [4.69, 9.17) is 10.5 Å². The summed E-state index contributed by atoms with van der Waals surface area (Å²) in [5, 5.41) is 0. The predicted octanol–water partition coefficient (Wildman–Crippen LogP) is 1.97. The van der Waals surface area contributed by atoms with Gasteiger partial charge in [0.05, 0.1) is 18.4 Å². The molecule has 0 aromatic heterocycles. The summed E-state index contributed by atoms with van der Waals surface area (Å²) in [6.07, 6.45) is 1.62. The molecule has 0 saturated heterocycles. The van der Waals surface area contributed by atoms with Crippen LogP contribution in [-0.2, 0) is 22.0 Å². The second kappa shape index (κ2) is 5.74. The molecule has 5 heteroatoms. The Hall–Kier alpha value is -1.36. The van der Waals surface area contributed by atoms with E-state index in [1.807, 2.05) is 26.8 Å². The van der Waals surface area contributed by atoms with Gasteiger partial charge in [-0.05, 0) is 17.0 Å². The second-order valence-corrected chi connectivity index (χ2v) is 6.98. The van der Waals surface area contributed by atoms with Crippen molar-refractivity contribution in [1.82, 2.24) is 0 Å². The average molecular weight is 283 g/mol. The summed E-state index contributed by atoms with van der Waals surface area (Å²) in [6.45, 7) is 6.14. The molecule has 0 aliphatic heterocycles. The highest BCUT2D eigenvalue weighted by atomic mass is 32.2. The lowest BCUT2D eigenvalue weighted by atomic mass is 9.84. The average Bonchev–Trinajstić information content (AvgIpc) is 2.25. The van der Waals surface area contributed by atoms with Gasteiger partial charge in [0.25, 0.3) is 5.91 Å². The quantitative estimate of drug-likeness (QED) is 0.918. The summed E-state index contributed by atoms with van der Waals surface area (Å²) >= 11 is 0. The number of primary amides is 1. The van der Waals surface area contributed by atoms with E-state index < -0.39 is 16.7 Å². The Morgan fingerprint density at radius 2 is 1.95 bits per heavy atom. The molecule has 1 unspecified atom stereocenters. The van der Waals surface area contributed by atoms with Crippen molar-refractivity contribution >= 4 is 16.7 Å². The van der Waals surface area contributed by atoms with Gasteiger partial charge in [0.2, 0.25) is 0 Å². The van der Waals surface area contributed by atoms with E-state index in [9.17, 15) is 9.00 Å². The van der Waals surface area contributed by atoms with Crippen molar-refractivity contribution in [2.75, 3.05) is 13.4 Å². The van der Waals surface area contributed by atoms with E-state index in [0.29, 0.717) is 17.1 Å². The standard InChI is InChI=1S/C14H21NO3S/c1-14(2,3)10-6-9(8-19(5)17)12(18-4)11(7-10)13(15)16/h6-7H,8H2,1-5H3,(H2,15,16). The van der Waals surface area contributed by atoms with Gasteiger partial charge in [-0.2, -0.15) is 0 Å². The largest absolute Gasteiger partial charge is 0.496 e. The lowest BCUT2D eigenvalue weighted by Crippen LogP contribution is -2.18. The molecule has 0 radical (unpaired) electrons. The first-order valence-corrected chi connectivity index (χ1v) is 7.70. The molecule has 1 amide bonds. The van der Waals surface area contributed by atoms with Crippen LogP contribution in [0.15, 0.2) is 12.1 Å². The zero-order valence-electron chi connectivity index (χ0n) is 12.1. The normalized spacial score (nSPS) is 13.1. The maximum atomic E-state index is 11.6. The van der Waals surface area contributed by atoms with E-state index >= 15 is 0 Å². The fraction of sp³-hybridized carbons (Fsp3) is 0.500. The predicted molar refractivity (Wildman–Crippen MR) is 78.0 cm³/mol. The molecular formula is C14H21NO3S. The molecule has 1 aromatic rings. The highest BCUT2D eigenvalue weighted by Gasteiger charge is 2.22. The minimum atomic E-state index is -1.02. The molecule has 0 heterocycles. The van der Waals surface area contributed by atoms with E-state index in [1.54, 1.807) is 12.3 Å². The Kier molecular flexibility index (Phi) is 4.74. The molecule has 1 atom stereocenters. The van der Waals surface area contributed by atoms with Crippen molar-refractivity contribution in [3.05, 3.63) is 28.8 Å². The van der Waals surface area contributed by atoms with Crippen molar-refractivity contribution in [1.29, 1.82) is 0 Å². The number of ether oxygens (including phenoxy) is 1. The van der Waals surface area contributed by atoms with E-state index in [1.165, 1.54) is 7.11 Å². The third-order valence-corrected chi connectivity index (χ3v) is 3.58. The van der Waals surface area contributed by atoms with Crippen molar-refractivity contribution in [2.24, 2.45) is 5.73 Å². The molecule has 1 aromatic carbocycles. The third kappa shape index (κ3) is 3.80. The number of rotatable bonds is 4. The van der Waals surface area contributed by atoms with Gasteiger partial charge in [-0.25, -0.2) is 0 Å². The molecule has 0 saturated carbocycles. The Morgan fingerprint density at radius 3 is 2.32 bits per heavy atom. The Labute approximate surface area is 116 Å². The van der Waals surface area contributed by atoms with Crippen molar-refractivity contribution in [3.8, 4) is 5.75 Å². The highest BCUT2D eigenvalue weighted by molar-refractivity contribution is 7.83. The van der Waals surface area contributed by atoms with Crippen LogP contribution in [0.2, 0.25) is 0 Å². The molecule has 106 valence electrons. The number of carbonyl (C=O) groups excluding carboxylic acids is 1. The maximum absolute atomic E-state index is 11.6. The zero-order valence-corrected chi connectivity index (χ0v) is 12.9. The zero-order chi connectivity index (χ0) is 14.8.